The Hall–Kier alpha value is -1.96. The fourth-order valence-corrected chi connectivity index (χ4v) is 1.76. The summed E-state index contributed by atoms with van der Waals surface area (Å²) in [7, 11) is 0. The predicted octanol–water partition coefficient (Wildman–Crippen LogP) is 4.19. The summed E-state index contributed by atoms with van der Waals surface area (Å²) in [5.41, 5.74) is -1.00. The van der Waals surface area contributed by atoms with Crippen molar-refractivity contribution in [2.45, 2.75) is 13.8 Å². The van der Waals surface area contributed by atoms with Crippen LogP contribution in [-0.4, -0.2) is 9.97 Å². The molecule has 1 aromatic carbocycles. The van der Waals surface area contributed by atoms with Gasteiger partial charge >= 0.3 is 0 Å². The highest BCUT2D eigenvalue weighted by atomic mass is 35.5. The second kappa shape index (κ2) is 5.44. The number of anilines is 2. The highest BCUT2D eigenvalue weighted by Gasteiger charge is 2.26. The van der Waals surface area contributed by atoms with Crippen LogP contribution in [0.1, 0.15) is 11.4 Å². The zero-order valence-corrected chi connectivity index (χ0v) is 11.4. The van der Waals surface area contributed by atoms with E-state index >= 15 is 0 Å². The molecule has 1 aromatic heterocycles. The third-order valence-electron chi connectivity index (χ3n) is 2.65. The molecule has 1 N–H and O–H groups in total. The molecule has 9 heteroatoms. The van der Waals surface area contributed by atoms with Crippen molar-refractivity contribution in [3.63, 3.8) is 0 Å². The van der Waals surface area contributed by atoms with Gasteiger partial charge in [-0.05, 0) is 13.8 Å². The first-order valence-corrected chi connectivity index (χ1v) is 5.91. The van der Waals surface area contributed by atoms with E-state index in [2.05, 4.69) is 15.3 Å². The van der Waals surface area contributed by atoms with Gasteiger partial charge in [0, 0.05) is 5.56 Å². The van der Waals surface area contributed by atoms with Gasteiger partial charge in [0.15, 0.2) is 23.3 Å². The number of aryl methyl sites for hydroxylation is 1. The number of hydrogen-bond acceptors (Lipinski definition) is 3. The fraction of sp³-hybridized carbons (Fsp3) is 0.167. The van der Waals surface area contributed by atoms with E-state index in [1.54, 1.807) is 0 Å². The van der Waals surface area contributed by atoms with Crippen LogP contribution < -0.4 is 5.32 Å². The molecule has 0 saturated heterocycles. The lowest BCUT2D eigenvalue weighted by Gasteiger charge is -2.13. The van der Waals surface area contributed by atoms with E-state index in [1.807, 2.05) is 0 Å². The first-order valence-electron chi connectivity index (χ1n) is 5.53. The fourth-order valence-electron chi connectivity index (χ4n) is 1.55. The van der Waals surface area contributed by atoms with E-state index in [9.17, 15) is 22.0 Å². The zero-order valence-electron chi connectivity index (χ0n) is 10.7. The summed E-state index contributed by atoms with van der Waals surface area (Å²) in [5.74, 6) is -10.3. The lowest BCUT2D eigenvalue weighted by molar-refractivity contribution is 0.382. The monoisotopic (exact) mass is 323 g/mol. The van der Waals surface area contributed by atoms with E-state index in [-0.39, 0.29) is 22.4 Å². The van der Waals surface area contributed by atoms with Crippen LogP contribution >= 0.6 is 11.6 Å². The Balaban J connectivity index is 2.60. The molecule has 1 heterocycles. The number of halogens is 6. The minimum Gasteiger partial charge on any atom is -0.335 e. The lowest BCUT2D eigenvalue weighted by atomic mass is 10.2. The molecule has 0 aliphatic rings. The van der Waals surface area contributed by atoms with Crippen LogP contribution in [0.2, 0.25) is 5.15 Å². The lowest BCUT2D eigenvalue weighted by Crippen LogP contribution is -2.09. The smallest absolute Gasteiger partial charge is 0.200 e. The van der Waals surface area contributed by atoms with Crippen molar-refractivity contribution in [3.8, 4) is 0 Å². The van der Waals surface area contributed by atoms with Gasteiger partial charge in [-0.15, -0.1) is 0 Å². The van der Waals surface area contributed by atoms with Crippen molar-refractivity contribution >= 4 is 23.1 Å². The largest absolute Gasteiger partial charge is 0.335 e. The van der Waals surface area contributed by atoms with Crippen molar-refractivity contribution in [2.24, 2.45) is 0 Å². The third-order valence-corrected chi connectivity index (χ3v) is 3.02. The summed E-state index contributed by atoms with van der Waals surface area (Å²) in [6.07, 6.45) is 0. The van der Waals surface area contributed by atoms with Crippen LogP contribution in [0.3, 0.4) is 0 Å². The summed E-state index contributed by atoms with van der Waals surface area (Å²) >= 11 is 5.77. The molecule has 0 atom stereocenters. The average molecular weight is 324 g/mol. The Morgan fingerprint density at radius 1 is 0.810 bits per heavy atom. The number of benzene rings is 1. The second-order valence-electron chi connectivity index (χ2n) is 4.11. The summed E-state index contributed by atoms with van der Waals surface area (Å²) in [6.45, 7) is 2.88. The highest BCUT2D eigenvalue weighted by Crippen LogP contribution is 2.31. The van der Waals surface area contributed by atoms with Crippen molar-refractivity contribution in [1.82, 2.24) is 9.97 Å². The Morgan fingerprint density at radius 3 is 1.81 bits per heavy atom. The summed E-state index contributed by atoms with van der Waals surface area (Å²) < 4.78 is 66.3. The Bertz CT molecular complexity index is 707. The van der Waals surface area contributed by atoms with Crippen molar-refractivity contribution in [2.75, 3.05) is 5.32 Å². The highest BCUT2D eigenvalue weighted by molar-refractivity contribution is 6.30. The van der Waals surface area contributed by atoms with Gasteiger partial charge in [0.1, 0.15) is 22.5 Å². The van der Waals surface area contributed by atoms with Crippen LogP contribution in [0.5, 0.6) is 0 Å². The average Bonchev–Trinajstić information content (AvgIpc) is 2.44. The van der Waals surface area contributed by atoms with Crippen LogP contribution in [0, 0.1) is 42.9 Å². The molecule has 112 valence electrons. The Labute approximate surface area is 120 Å². The number of nitrogens with zero attached hydrogens (tertiary/aromatic N) is 2. The molecule has 0 fully saturated rings. The van der Waals surface area contributed by atoms with Gasteiger partial charge in [0.25, 0.3) is 0 Å². The Kier molecular flexibility index (Phi) is 3.99. The first kappa shape index (κ1) is 15.4. The van der Waals surface area contributed by atoms with Crippen LogP contribution in [0.4, 0.5) is 33.5 Å². The quantitative estimate of drug-likeness (QED) is 0.390. The molecule has 2 aromatic rings. The standard InChI is InChI=1S/C12H7ClF5N3/c1-3-11(13)19-4(2)20-12(3)21-10-8(17)6(15)5(14)7(16)9(10)18/h1-2H3,(H,19,20,21). The molecule has 0 bridgehead atoms. The van der Waals surface area contributed by atoms with E-state index in [4.69, 9.17) is 11.6 Å². The third kappa shape index (κ3) is 2.63. The molecule has 0 saturated carbocycles. The maximum absolute atomic E-state index is 13.6. The Morgan fingerprint density at radius 2 is 1.29 bits per heavy atom. The molecule has 0 amide bonds. The topological polar surface area (TPSA) is 37.8 Å². The maximum Gasteiger partial charge on any atom is 0.200 e. The molecule has 3 nitrogen and oxygen atoms in total. The molecular weight excluding hydrogens is 317 g/mol. The SMILES string of the molecule is Cc1nc(Cl)c(C)c(Nc2c(F)c(F)c(F)c(F)c2F)n1. The summed E-state index contributed by atoms with van der Waals surface area (Å²) in [5, 5.41) is 2.06. The molecule has 0 spiro atoms. The minimum absolute atomic E-state index is 0.00567. The maximum atomic E-state index is 13.6. The van der Waals surface area contributed by atoms with Gasteiger partial charge < -0.3 is 5.32 Å². The first-order chi connectivity index (χ1) is 9.73. The summed E-state index contributed by atoms with van der Waals surface area (Å²) in [4.78, 5) is 7.60. The number of aromatic nitrogens is 2. The number of nitrogens with one attached hydrogen (secondary N) is 1. The second-order valence-corrected chi connectivity index (χ2v) is 4.46. The van der Waals surface area contributed by atoms with E-state index in [1.165, 1.54) is 13.8 Å². The van der Waals surface area contributed by atoms with Crippen LogP contribution in [-0.2, 0) is 0 Å². The molecule has 0 unspecified atom stereocenters. The normalized spacial score (nSPS) is 10.9. The molecule has 0 radical (unpaired) electrons. The van der Waals surface area contributed by atoms with Gasteiger partial charge in [-0.3, -0.25) is 0 Å². The van der Waals surface area contributed by atoms with Crippen molar-refractivity contribution in [3.05, 3.63) is 45.6 Å². The van der Waals surface area contributed by atoms with E-state index in [0.717, 1.165) is 0 Å². The molecule has 21 heavy (non-hydrogen) atoms. The summed E-state index contributed by atoms with van der Waals surface area (Å²) in [6, 6.07) is 0. The van der Waals surface area contributed by atoms with Crippen LogP contribution in [0.15, 0.2) is 0 Å². The van der Waals surface area contributed by atoms with E-state index in [0.29, 0.717) is 0 Å². The van der Waals surface area contributed by atoms with Crippen LogP contribution in [0.25, 0.3) is 0 Å². The van der Waals surface area contributed by atoms with Crippen molar-refractivity contribution in [1.29, 1.82) is 0 Å². The van der Waals surface area contributed by atoms with Crippen molar-refractivity contribution < 1.29 is 22.0 Å². The van der Waals surface area contributed by atoms with Gasteiger partial charge in [-0.25, -0.2) is 31.9 Å². The number of rotatable bonds is 2. The molecular formula is C12H7ClF5N3. The predicted molar refractivity (Wildman–Crippen MR) is 66.0 cm³/mol. The number of hydrogen-bond donors (Lipinski definition) is 1. The van der Waals surface area contributed by atoms with Gasteiger partial charge in [-0.1, -0.05) is 11.6 Å². The van der Waals surface area contributed by atoms with Gasteiger partial charge in [-0.2, -0.15) is 0 Å². The zero-order chi connectivity index (χ0) is 15.9. The van der Waals surface area contributed by atoms with E-state index < -0.39 is 34.8 Å². The minimum atomic E-state index is -2.23. The molecule has 2 rings (SSSR count). The van der Waals surface area contributed by atoms with Gasteiger partial charge in [0.2, 0.25) is 5.82 Å². The molecule has 0 aliphatic heterocycles. The van der Waals surface area contributed by atoms with Gasteiger partial charge in [0.05, 0.1) is 0 Å². The molecule has 0 aliphatic carbocycles.